The van der Waals surface area contributed by atoms with E-state index in [1.54, 1.807) is 30.5 Å². The molecule has 9 heteroatoms. The Labute approximate surface area is 166 Å². The van der Waals surface area contributed by atoms with Gasteiger partial charge in [-0.1, -0.05) is 12.1 Å². The molecule has 4 rings (SSSR count). The number of fused-ring (bicyclic) bond motifs is 1. The quantitative estimate of drug-likeness (QED) is 0.502. The molecule has 0 saturated carbocycles. The summed E-state index contributed by atoms with van der Waals surface area (Å²) in [5.74, 6) is -1.18. The zero-order chi connectivity index (χ0) is 20.5. The fourth-order valence-corrected chi connectivity index (χ4v) is 3.87. The van der Waals surface area contributed by atoms with Gasteiger partial charge in [-0.05, 0) is 31.5 Å². The molecule has 3 aromatic rings. The Morgan fingerprint density at radius 2 is 2.17 bits per heavy atom. The number of likely N-dealkylation sites (tertiary alicyclic amines) is 1. The fraction of sp³-hybridized carbons (Fsp3) is 0.300. The van der Waals surface area contributed by atoms with Crippen LogP contribution in [0.5, 0.6) is 0 Å². The van der Waals surface area contributed by atoms with Crippen LogP contribution < -0.4 is 5.73 Å². The van der Waals surface area contributed by atoms with Gasteiger partial charge in [0.1, 0.15) is 5.65 Å². The number of anilines is 1. The van der Waals surface area contributed by atoms with Gasteiger partial charge in [-0.3, -0.25) is 19.8 Å². The third-order valence-corrected chi connectivity index (χ3v) is 5.30. The number of benzene rings is 1. The molecular formula is C20H21N5O4. The molecule has 1 atom stereocenters. The van der Waals surface area contributed by atoms with Crippen LogP contribution in [-0.4, -0.2) is 43.4 Å². The van der Waals surface area contributed by atoms with E-state index in [-0.39, 0.29) is 5.69 Å². The first-order valence-electron chi connectivity index (χ1n) is 9.39. The summed E-state index contributed by atoms with van der Waals surface area (Å²) in [6.45, 7) is 1.72. The van der Waals surface area contributed by atoms with E-state index in [1.807, 2.05) is 4.40 Å². The van der Waals surface area contributed by atoms with Crippen LogP contribution in [0.25, 0.3) is 16.9 Å². The first kappa shape index (κ1) is 18.9. The van der Waals surface area contributed by atoms with Gasteiger partial charge in [0, 0.05) is 42.7 Å². The molecule has 0 aliphatic carbocycles. The third kappa shape index (κ3) is 3.77. The van der Waals surface area contributed by atoms with E-state index >= 15 is 0 Å². The maximum atomic E-state index is 11.4. The minimum atomic E-state index is -0.781. The average Bonchev–Trinajstić information content (AvgIpc) is 3.06. The number of aliphatic carboxylic acids is 1. The molecule has 1 aliphatic rings. The van der Waals surface area contributed by atoms with Crippen LogP contribution in [0.1, 0.15) is 18.5 Å². The molecule has 1 aliphatic heterocycles. The van der Waals surface area contributed by atoms with Gasteiger partial charge >= 0.3 is 5.97 Å². The second-order valence-corrected chi connectivity index (χ2v) is 7.32. The highest BCUT2D eigenvalue weighted by Crippen LogP contribution is 2.30. The Balaban J connectivity index is 1.78. The standard InChI is InChI=1S/C20H21N5O4/c21-15-6-7-18-22-19(13-3-1-5-16(9-13)25(28)29)17(24(18)11-15)12-23-8-2-4-14(10-23)20(26)27/h1,3,5-7,9,11,14H,2,4,8,10,12,21H2,(H,26,27). The number of rotatable bonds is 5. The topological polar surface area (TPSA) is 127 Å². The first-order valence-corrected chi connectivity index (χ1v) is 9.39. The van der Waals surface area contributed by atoms with Crippen molar-refractivity contribution in [3.63, 3.8) is 0 Å². The van der Waals surface area contributed by atoms with Crippen molar-refractivity contribution < 1.29 is 14.8 Å². The van der Waals surface area contributed by atoms with E-state index in [1.165, 1.54) is 12.1 Å². The molecule has 1 saturated heterocycles. The monoisotopic (exact) mass is 395 g/mol. The number of aromatic nitrogens is 2. The van der Waals surface area contributed by atoms with Crippen molar-refractivity contribution in [2.75, 3.05) is 18.8 Å². The maximum Gasteiger partial charge on any atom is 0.307 e. The van der Waals surface area contributed by atoms with Crippen LogP contribution in [-0.2, 0) is 11.3 Å². The number of nitro groups is 1. The molecule has 29 heavy (non-hydrogen) atoms. The summed E-state index contributed by atoms with van der Waals surface area (Å²) >= 11 is 0. The highest BCUT2D eigenvalue weighted by molar-refractivity contribution is 5.71. The third-order valence-electron chi connectivity index (χ3n) is 5.30. The van der Waals surface area contributed by atoms with E-state index in [0.29, 0.717) is 42.1 Å². The molecule has 150 valence electrons. The number of imidazole rings is 1. The molecule has 1 unspecified atom stereocenters. The van der Waals surface area contributed by atoms with Crippen molar-refractivity contribution in [3.8, 4) is 11.3 Å². The number of hydrogen-bond donors (Lipinski definition) is 2. The predicted octanol–water partition coefficient (Wildman–Crippen LogP) is 2.79. The van der Waals surface area contributed by atoms with Crippen LogP contribution in [0.3, 0.4) is 0 Å². The van der Waals surface area contributed by atoms with Crippen molar-refractivity contribution in [3.05, 3.63) is 58.4 Å². The first-order chi connectivity index (χ1) is 13.9. The Morgan fingerprint density at radius 1 is 1.34 bits per heavy atom. The van der Waals surface area contributed by atoms with Gasteiger partial charge in [-0.15, -0.1) is 0 Å². The minimum absolute atomic E-state index is 0.00562. The molecule has 1 aromatic carbocycles. The normalized spacial score (nSPS) is 17.4. The van der Waals surface area contributed by atoms with Crippen molar-refractivity contribution in [1.82, 2.24) is 14.3 Å². The molecule has 0 radical (unpaired) electrons. The van der Waals surface area contributed by atoms with E-state index in [9.17, 15) is 20.0 Å². The number of piperidine rings is 1. The molecule has 3 N–H and O–H groups in total. The molecule has 3 heterocycles. The molecule has 0 amide bonds. The SMILES string of the molecule is Nc1ccc2nc(-c3cccc([N+](=O)[O-])c3)c(CN3CCCC(C(=O)O)C3)n2c1. The molecule has 0 spiro atoms. The van der Waals surface area contributed by atoms with Gasteiger partial charge in [0.05, 0.1) is 22.2 Å². The minimum Gasteiger partial charge on any atom is -0.481 e. The van der Waals surface area contributed by atoms with Crippen LogP contribution in [0.4, 0.5) is 11.4 Å². The average molecular weight is 395 g/mol. The van der Waals surface area contributed by atoms with E-state index in [4.69, 9.17) is 5.73 Å². The number of carbonyl (C=O) groups is 1. The number of nitrogen functional groups attached to an aromatic ring is 1. The highest BCUT2D eigenvalue weighted by atomic mass is 16.6. The molecule has 2 aromatic heterocycles. The Kier molecular flexibility index (Phi) is 4.89. The number of carboxylic acids is 1. The second kappa shape index (κ2) is 7.51. The van der Waals surface area contributed by atoms with Crippen molar-refractivity contribution >= 4 is 23.0 Å². The number of nitro benzene ring substituents is 1. The van der Waals surface area contributed by atoms with Crippen molar-refractivity contribution in [1.29, 1.82) is 0 Å². The van der Waals surface area contributed by atoms with Gasteiger partial charge < -0.3 is 15.2 Å². The van der Waals surface area contributed by atoms with Gasteiger partial charge in [-0.2, -0.15) is 0 Å². The lowest BCUT2D eigenvalue weighted by molar-refractivity contribution is -0.384. The molecule has 9 nitrogen and oxygen atoms in total. The highest BCUT2D eigenvalue weighted by Gasteiger charge is 2.27. The van der Waals surface area contributed by atoms with Gasteiger partial charge in [0.2, 0.25) is 0 Å². The fourth-order valence-electron chi connectivity index (χ4n) is 3.87. The number of non-ortho nitro benzene ring substituents is 1. The number of pyridine rings is 1. The predicted molar refractivity (Wildman–Crippen MR) is 107 cm³/mol. The number of hydrogen-bond acceptors (Lipinski definition) is 6. The van der Waals surface area contributed by atoms with E-state index in [2.05, 4.69) is 9.88 Å². The summed E-state index contributed by atoms with van der Waals surface area (Å²) in [6.07, 6.45) is 3.25. The Hall–Kier alpha value is -3.46. The maximum absolute atomic E-state index is 11.4. The summed E-state index contributed by atoms with van der Waals surface area (Å²) in [7, 11) is 0. The Morgan fingerprint density at radius 3 is 2.93 bits per heavy atom. The smallest absolute Gasteiger partial charge is 0.307 e. The van der Waals surface area contributed by atoms with E-state index in [0.717, 1.165) is 18.7 Å². The summed E-state index contributed by atoms with van der Waals surface area (Å²) in [5.41, 5.74) is 9.33. The van der Waals surface area contributed by atoms with Gasteiger partial charge in [0.15, 0.2) is 0 Å². The second-order valence-electron chi connectivity index (χ2n) is 7.32. The van der Waals surface area contributed by atoms with Crippen molar-refractivity contribution in [2.24, 2.45) is 5.92 Å². The summed E-state index contributed by atoms with van der Waals surface area (Å²) in [4.78, 5) is 29.0. The Bertz CT molecular complexity index is 1090. The van der Waals surface area contributed by atoms with Crippen LogP contribution in [0.2, 0.25) is 0 Å². The summed E-state index contributed by atoms with van der Waals surface area (Å²) < 4.78 is 1.88. The summed E-state index contributed by atoms with van der Waals surface area (Å²) in [6, 6.07) is 9.93. The zero-order valence-corrected chi connectivity index (χ0v) is 15.7. The lowest BCUT2D eigenvalue weighted by Gasteiger charge is -2.30. The lowest BCUT2D eigenvalue weighted by atomic mass is 9.98. The summed E-state index contributed by atoms with van der Waals surface area (Å²) in [5, 5.41) is 20.6. The lowest BCUT2D eigenvalue weighted by Crippen LogP contribution is -2.38. The van der Waals surface area contributed by atoms with Crippen LogP contribution in [0, 0.1) is 16.0 Å². The van der Waals surface area contributed by atoms with Crippen LogP contribution >= 0.6 is 0 Å². The zero-order valence-electron chi connectivity index (χ0n) is 15.7. The van der Waals surface area contributed by atoms with Gasteiger partial charge in [-0.25, -0.2) is 4.98 Å². The molecule has 1 fully saturated rings. The number of carboxylic acid groups (broad SMARTS) is 1. The van der Waals surface area contributed by atoms with E-state index < -0.39 is 16.8 Å². The van der Waals surface area contributed by atoms with Crippen LogP contribution in [0.15, 0.2) is 42.6 Å². The van der Waals surface area contributed by atoms with Gasteiger partial charge in [0.25, 0.3) is 5.69 Å². The molecule has 0 bridgehead atoms. The number of nitrogens with two attached hydrogens (primary N) is 1. The number of nitrogens with zero attached hydrogens (tertiary/aromatic N) is 4. The molecular weight excluding hydrogens is 374 g/mol. The largest absolute Gasteiger partial charge is 0.481 e. The van der Waals surface area contributed by atoms with Crippen molar-refractivity contribution in [2.45, 2.75) is 19.4 Å².